The quantitative estimate of drug-likeness (QED) is 0.735. The van der Waals surface area contributed by atoms with Crippen LogP contribution in [0.5, 0.6) is 5.75 Å². The van der Waals surface area contributed by atoms with Crippen molar-refractivity contribution in [2.75, 3.05) is 20.3 Å². The zero-order valence-corrected chi connectivity index (χ0v) is 11.3. The van der Waals surface area contributed by atoms with E-state index in [9.17, 15) is 9.18 Å². The fourth-order valence-corrected chi connectivity index (χ4v) is 1.56. The molecule has 0 bridgehead atoms. The van der Waals surface area contributed by atoms with Crippen LogP contribution >= 0.6 is 0 Å². The monoisotopic (exact) mass is 269 g/mol. The molecule has 1 atom stereocenters. The summed E-state index contributed by atoms with van der Waals surface area (Å²) in [4.78, 5) is 11.9. The number of para-hydroxylation sites is 1. The van der Waals surface area contributed by atoms with Crippen LogP contribution in [0.3, 0.4) is 0 Å². The van der Waals surface area contributed by atoms with Gasteiger partial charge < -0.3 is 14.8 Å². The molecule has 0 aliphatic heterocycles. The molecule has 0 saturated carbocycles. The highest BCUT2D eigenvalue weighted by atomic mass is 19.1. The van der Waals surface area contributed by atoms with E-state index in [-0.39, 0.29) is 11.7 Å². The van der Waals surface area contributed by atoms with E-state index in [2.05, 4.69) is 5.32 Å². The Morgan fingerprint density at radius 1 is 1.42 bits per heavy atom. The minimum Gasteiger partial charge on any atom is -0.478 e. The number of amides is 1. The third-order valence-electron chi connectivity index (χ3n) is 2.59. The Morgan fingerprint density at radius 2 is 2.16 bits per heavy atom. The second kappa shape index (κ2) is 8.48. The second-order valence-electron chi connectivity index (χ2n) is 4.08. The van der Waals surface area contributed by atoms with Gasteiger partial charge in [-0.25, -0.2) is 4.39 Å². The molecule has 1 aromatic rings. The first-order chi connectivity index (χ1) is 9.19. The first-order valence-electron chi connectivity index (χ1n) is 6.36. The first kappa shape index (κ1) is 15.4. The molecule has 0 saturated heterocycles. The van der Waals surface area contributed by atoms with Crippen LogP contribution in [0, 0.1) is 5.82 Å². The summed E-state index contributed by atoms with van der Waals surface area (Å²) in [5, 5.41) is 2.74. The normalized spacial score (nSPS) is 11.9. The largest absolute Gasteiger partial charge is 0.478 e. The number of nitrogens with one attached hydrogen (secondary N) is 1. The molecule has 1 unspecified atom stereocenters. The molecule has 106 valence electrons. The van der Waals surface area contributed by atoms with Crippen molar-refractivity contribution in [1.29, 1.82) is 0 Å². The maximum Gasteiger partial charge on any atom is 0.261 e. The van der Waals surface area contributed by atoms with E-state index in [1.54, 1.807) is 19.2 Å². The van der Waals surface area contributed by atoms with E-state index in [0.717, 1.165) is 6.42 Å². The number of halogens is 1. The van der Waals surface area contributed by atoms with Crippen LogP contribution in [-0.2, 0) is 9.53 Å². The lowest BCUT2D eigenvalue weighted by Crippen LogP contribution is -2.38. The van der Waals surface area contributed by atoms with Gasteiger partial charge in [0, 0.05) is 20.3 Å². The third-order valence-corrected chi connectivity index (χ3v) is 2.59. The van der Waals surface area contributed by atoms with Gasteiger partial charge in [0.2, 0.25) is 0 Å². The zero-order valence-electron chi connectivity index (χ0n) is 11.3. The highest BCUT2D eigenvalue weighted by molar-refractivity contribution is 5.81. The fraction of sp³-hybridized carbons (Fsp3) is 0.500. The minimum absolute atomic E-state index is 0.0985. The van der Waals surface area contributed by atoms with Crippen LogP contribution in [0.2, 0.25) is 0 Å². The molecular formula is C14H20FNO3. The van der Waals surface area contributed by atoms with Crippen molar-refractivity contribution < 1.29 is 18.7 Å². The van der Waals surface area contributed by atoms with Crippen LogP contribution in [-0.4, -0.2) is 32.3 Å². The van der Waals surface area contributed by atoms with Crippen molar-refractivity contribution in [3.8, 4) is 5.75 Å². The van der Waals surface area contributed by atoms with Crippen LogP contribution < -0.4 is 10.1 Å². The smallest absolute Gasteiger partial charge is 0.261 e. The van der Waals surface area contributed by atoms with Crippen molar-refractivity contribution >= 4 is 5.91 Å². The number of carbonyl (C=O) groups is 1. The molecule has 5 heteroatoms. The molecule has 0 heterocycles. The maximum absolute atomic E-state index is 13.4. The first-order valence-corrected chi connectivity index (χ1v) is 6.36. The van der Waals surface area contributed by atoms with E-state index >= 15 is 0 Å². The lowest BCUT2D eigenvalue weighted by Gasteiger charge is -2.17. The zero-order chi connectivity index (χ0) is 14.1. The van der Waals surface area contributed by atoms with E-state index in [4.69, 9.17) is 9.47 Å². The Morgan fingerprint density at radius 3 is 2.79 bits per heavy atom. The summed E-state index contributed by atoms with van der Waals surface area (Å²) in [6, 6.07) is 6.06. The Balaban J connectivity index is 2.48. The van der Waals surface area contributed by atoms with Crippen molar-refractivity contribution in [3.05, 3.63) is 30.1 Å². The Labute approximate surface area is 112 Å². The third kappa shape index (κ3) is 5.26. The summed E-state index contributed by atoms with van der Waals surface area (Å²) in [7, 11) is 1.61. The molecule has 0 radical (unpaired) electrons. The number of hydrogen-bond acceptors (Lipinski definition) is 3. The Hall–Kier alpha value is -1.62. The Kier molecular flexibility index (Phi) is 6.89. The van der Waals surface area contributed by atoms with Gasteiger partial charge in [0.25, 0.3) is 5.91 Å². The predicted octanol–water partition coefficient (Wildman–Crippen LogP) is 2.14. The van der Waals surface area contributed by atoms with Crippen LogP contribution in [0.1, 0.15) is 19.8 Å². The molecule has 0 aliphatic rings. The predicted molar refractivity (Wildman–Crippen MR) is 70.6 cm³/mol. The molecule has 0 aliphatic carbocycles. The van der Waals surface area contributed by atoms with Crippen molar-refractivity contribution in [3.63, 3.8) is 0 Å². The van der Waals surface area contributed by atoms with Gasteiger partial charge in [0.15, 0.2) is 17.7 Å². The van der Waals surface area contributed by atoms with E-state index in [1.165, 1.54) is 12.1 Å². The summed E-state index contributed by atoms with van der Waals surface area (Å²) in [5.41, 5.74) is 0. The number of benzene rings is 1. The van der Waals surface area contributed by atoms with Gasteiger partial charge in [-0.15, -0.1) is 0 Å². The van der Waals surface area contributed by atoms with Gasteiger partial charge in [-0.3, -0.25) is 4.79 Å². The molecule has 0 spiro atoms. The van der Waals surface area contributed by atoms with E-state index in [0.29, 0.717) is 19.6 Å². The van der Waals surface area contributed by atoms with Gasteiger partial charge in [-0.05, 0) is 25.0 Å². The summed E-state index contributed by atoms with van der Waals surface area (Å²) >= 11 is 0. The summed E-state index contributed by atoms with van der Waals surface area (Å²) < 4.78 is 23.7. The number of hydrogen-bond donors (Lipinski definition) is 1. The standard InChI is InChI=1S/C14H20FNO3/c1-3-12(14(17)16-9-6-10-18-2)19-13-8-5-4-7-11(13)15/h4-5,7-8,12H,3,6,9-10H2,1-2H3,(H,16,17). The molecule has 0 fully saturated rings. The average Bonchev–Trinajstić information content (AvgIpc) is 2.42. The highest BCUT2D eigenvalue weighted by Gasteiger charge is 2.19. The van der Waals surface area contributed by atoms with Crippen LogP contribution in [0.15, 0.2) is 24.3 Å². The maximum atomic E-state index is 13.4. The van der Waals surface area contributed by atoms with Gasteiger partial charge >= 0.3 is 0 Å². The van der Waals surface area contributed by atoms with E-state index in [1.807, 2.05) is 6.92 Å². The summed E-state index contributed by atoms with van der Waals surface area (Å²) in [6.07, 6.45) is 0.530. The summed E-state index contributed by atoms with van der Waals surface area (Å²) in [6.45, 7) is 2.93. The molecule has 1 rings (SSSR count). The van der Waals surface area contributed by atoms with Crippen molar-refractivity contribution in [2.24, 2.45) is 0 Å². The van der Waals surface area contributed by atoms with Crippen LogP contribution in [0.4, 0.5) is 4.39 Å². The number of ether oxygens (including phenoxy) is 2. The molecule has 4 nitrogen and oxygen atoms in total. The summed E-state index contributed by atoms with van der Waals surface area (Å²) in [5.74, 6) is -0.601. The SMILES string of the molecule is CCC(Oc1ccccc1F)C(=O)NCCCOC. The molecule has 1 N–H and O–H groups in total. The molecule has 19 heavy (non-hydrogen) atoms. The highest BCUT2D eigenvalue weighted by Crippen LogP contribution is 2.18. The lowest BCUT2D eigenvalue weighted by atomic mass is 10.2. The van der Waals surface area contributed by atoms with Crippen LogP contribution in [0.25, 0.3) is 0 Å². The number of rotatable bonds is 8. The Bertz CT molecular complexity index is 398. The van der Waals surface area contributed by atoms with Gasteiger partial charge in [0.05, 0.1) is 0 Å². The average molecular weight is 269 g/mol. The lowest BCUT2D eigenvalue weighted by molar-refractivity contribution is -0.128. The van der Waals surface area contributed by atoms with Gasteiger partial charge in [-0.1, -0.05) is 19.1 Å². The minimum atomic E-state index is -0.681. The van der Waals surface area contributed by atoms with Gasteiger partial charge in [0.1, 0.15) is 0 Å². The second-order valence-corrected chi connectivity index (χ2v) is 4.08. The molecular weight excluding hydrogens is 249 g/mol. The van der Waals surface area contributed by atoms with Crippen molar-refractivity contribution in [1.82, 2.24) is 5.32 Å². The molecule has 1 amide bonds. The molecule has 0 aromatic heterocycles. The molecule has 1 aromatic carbocycles. The van der Waals surface area contributed by atoms with Gasteiger partial charge in [-0.2, -0.15) is 0 Å². The number of methoxy groups -OCH3 is 1. The topological polar surface area (TPSA) is 47.6 Å². The van der Waals surface area contributed by atoms with Crippen molar-refractivity contribution in [2.45, 2.75) is 25.9 Å². The van der Waals surface area contributed by atoms with E-state index < -0.39 is 11.9 Å². The number of carbonyl (C=O) groups excluding carboxylic acids is 1. The fourth-order valence-electron chi connectivity index (χ4n) is 1.56.